The topological polar surface area (TPSA) is 219 Å². The van der Waals surface area contributed by atoms with Gasteiger partial charge in [-0.2, -0.15) is 0 Å². The Kier molecular flexibility index (Phi) is 26.0. The monoisotopic (exact) mass is 1340 g/mol. The fourth-order valence-corrected chi connectivity index (χ4v) is 14.8. The molecule has 9 rings (SSSR count). The maximum absolute atomic E-state index is 12.2. The summed E-state index contributed by atoms with van der Waals surface area (Å²) >= 11 is -1.62. The van der Waals surface area contributed by atoms with Crippen molar-refractivity contribution in [2.24, 2.45) is 0 Å². The average Bonchev–Trinajstić information content (AvgIpc) is 1.73. The van der Waals surface area contributed by atoms with E-state index >= 15 is 0 Å². The Morgan fingerprint density at radius 2 is 0.761 bits per heavy atom. The van der Waals surface area contributed by atoms with Crippen LogP contribution in [0.3, 0.4) is 0 Å². The van der Waals surface area contributed by atoms with E-state index in [9.17, 15) is 24.6 Å². The normalized spacial score (nSPS) is 28.1. The molecule has 3 saturated heterocycles. The average molecular weight is 1340 g/mol. The minimum atomic E-state index is -1.96. The molecule has 490 valence electrons. The second-order valence-electron chi connectivity index (χ2n) is 28.3. The zero-order valence-corrected chi connectivity index (χ0v) is 58.2. The molecule has 88 heavy (non-hydrogen) atoms. The summed E-state index contributed by atoms with van der Waals surface area (Å²) in [5.41, 5.74) is 2.36. The molecule has 2 N–H and O–H groups in total. The fraction of sp³-hybridized carbons (Fsp3) is 0.603. The molecular formula is C68H104O16SeSi3. The number of hydrogen-bond donors (Lipinski definition) is 2. The van der Waals surface area contributed by atoms with E-state index in [1.807, 2.05) is 30.3 Å². The number of hydrogen-bond acceptors (Lipinski definition) is 16. The first-order chi connectivity index (χ1) is 39.9. The predicted molar refractivity (Wildman–Crippen MR) is 352 cm³/mol. The van der Waals surface area contributed by atoms with E-state index in [2.05, 4.69) is 121 Å². The van der Waals surface area contributed by atoms with Crippen molar-refractivity contribution in [3.8, 4) is 0 Å². The summed E-state index contributed by atoms with van der Waals surface area (Å²) in [6.45, 7) is 46.3. The van der Waals surface area contributed by atoms with Gasteiger partial charge in [0.1, 0.15) is 54.9 Å². The van der Waals surface area contributed by atoms with E-state index in [1.54, 1.807) is 60.7 Å². The number of benzene rings is 3. The molecular weight excluding hydrogens is 1240 g/mol. The van der Waals surface area contributed by atoms with Gasteiger partial charge in [-0.1, -0.05) is 152 Å². The molecule has 0 amide bonds. The van der Waals surface area contributed by atoms with Crippen LogP contribution in [0.2, 0.25) is 54.4 Å². The second kappa shape index (κ2) is 30.0. The Bertz CT molecular complexity index is 2770. The van der Waals surface area contributed by atoms with Crippen LogP contribution in [-0.4, -0.2) is 153 Å². The molecule has 3 aromatic rings. The van der Waals surface area contributed by atoms with Gasteiger partial charge in [0, 0.05) is 38.2 Å². The van der Waals surface area contributed by atoms with Gasteiger partial charge in [-0.05, 0) is 120 Å². The Morgan fingerprint density at radius 1 is 0.500 bits per heavy atom. The Hall–Kier alpha value is -4.26. The third-order valence-corrected chi connectivity index (χ3v) is 32.8. The summed E-state index contributed by atoms with van der Waals surface area (Å²) < 4.78 is 70.8. The van der Waals surface area contributed by atoms with E-state index in [1.165, 1.54) is 0 Å². The molecule has 6 aliphatic rings. The van der Waals surface area contributed by atoms with Crippen LogP contribution in [0.15, 0.2) is 127 Å². The van der Waals surface area contributed by atoms with Crippen LogP contribution in [0.1, 0.15) is 153 Å². The van der Waals surface area contributed by atoms with Gasteiger partial charge >= 0.3 is 40.4 Å². The maximum atomic E-state index is 12.2. The molecule has 10 unspecified atom stereocenters. The Balaban J connectivity index is 0.000000273. The first-order valence-electron chi connectivity index (χ1n) is 30.0. The van der Waals surface area contributed by atoms with E-state index < -0.39 is 63.2 Å². The number of esters is 3. The molecule has 20 heteroatoms. The number of carbonyl (C=O) groups is 3. The first-order valence-corrected chi connectivity index (χ1v) is 40.1. The van der Waals surface area contributed by atoms with Crippen molar-refractivity contribution in [1.29, 1.82) is 0 Å². The van der Waals surface area contributed by atoms with Gasteiger partial charge in [0.05, 0.1) is 41.1 Å². The zero-order chi connectivity index (χ0) is 64.1. The van der Waals surface area contributed by atoms with Crippen molar-refractivity contribution in [3.63, 3.8) is 0 Å². The summed E-state index contributed by atoms with van der Waals surface area (Å²) in [7, 11) is -5.75. The summed E-state index contributed by atoms with van der Waals surface area (Å²) in [5, 5.41) is 21.5. The zero-order valence-electron chi connectivity index (χ0n) is 53.5. The molecule has 16 nitrogen and oxygen atoms in total. The summed E-state index contributed by atoms with van der Waals surface area (Å²) in [4.78, 5) is 36.5. The van der Waals surface area contributed by atoms with Crippen LogP contribution in [0, 0.1) is 0 Å². The summed E-state index contributed by atoms with van der Waals surface area (Å²) in [6.07, 6.45) is 3.06. The van der Waals surface area contributed by atoms with E-state index in [4.69, 9.17) is 49.4 Å². The standard InChI is InChI=1S/2C22H32O5Si.C22H32O4Si.2CH4.O2Se/c2*1-15-18(23)12-17(27-28(5,6)21(2,3)4)13-22(15)19(26-22)14-25-20(24)16-10-8-7-9-11-16;1-16-12-13-18(26-27(5,6)21(2,3)4)14-22(16)19(25-22)15-24-20(23)17-10-8-7-9-11-17;;;1-3-2/h2*7-11,17-19,23H,1,12-14H2,2-6H3;7-11,18-19H,1,12-15H2,2-6H3;2*1H4;/t17?,18-,19?,22?;;;;;/m0...../s1. The molecule has 3 aromatic carbocycles. The van der Waals surface area contributed by atoms with E-state index in [-0.39, 0.29) is 110 Å². The van der Waals surface area contributed by atoms with Crippen LogP contribution in [0.5, 0.6) is 0 Å². The molecule has 0 radical (unpaired) electrons. The van der Waals surface area contributed by atoms with Gasteiger partial charge in [0.15, 0.2) is 25.0 Å². The van der Waals surface area contributed by atoms with Gasteiger partial charge in [-0.15, -0.1) is 0 Å². The second-order valence-corrected chi connectivity index (χ2v) is 42.8. The van der Waals surface area contributed by atoms with E-state index in [0.717, 1.165) is 24.8 Å². The van der Waals surface area contributed by atoms with Crippen LogP contribution in [0.4, 0.5) is 0 Å². The first kappa shape index (κ1) is 76.2. The van der Waals surface area contributed by atoms with Crippen LogP contribution in [0.25, 0.3) is 0 Å². The number of ether oxygens (including phenoxy) is 6. The fourth-order valence-electron chi connectivity index (χ4n) is 10.7. The van der Waals surface area contributed by atoms with Gasteiger partial charge in [-0.25, -0.2) is 14.4 Å². The number of aliphatic hydroxyl groups is 2. The van der Waals surface area contributed by atoms with Gasteiger partial charge < -0.3 is 51.9 Å². The van der Waals surface area contributed by atoms with Gasteiger partial charge in [-0.3, -0.25) is 0 Å². The van der Waals surface area contributed by atoms with Crippen LogP contribution >= 0.6 is 0 Å². The molecule has 3 spiro atoms. The SMILES string of the molecule is C.C.C=C1C(O)CC(O[Si](C)(C)C(C)(C)C)CC12OC2COC(=O)c1ccccc1.C=C1CCC(O[Si](C)(C)C(C)(C)C)CC12OC2COC(=O)c1ccccc1.C=C1[C@@H](O)CC(O[Si](C)(C)C(C)(C)C)CC12OC2COC(=O)c1ccccc1.O=[Se]=O. The van der Waals surface area contributed by atoms with Crippen molar-refractivity contribution in [1.82, 2.24) is 0 Å². The molecule has 3 aliphatic heterocycles. The molecule has 0 bridgehead atoms. The molecule has 6 fully saturated rings. The van der Waals surface area contributed by atoms with Crippen molar-refractivity contribution in [2.45, 2.75) is 242 Å². The molecule has 3 heterocycles. The van der Waals surface area contributed by atoms with Gasteiger partial charge in [0.2, 0.25) is 0 Å². The third kappa shape index (κ3) is 18.5. The van der Waals surface area contributed by atoms with Crippen molar-refractivity contribution in [2.75, 3.05) is 19.8 Å². The molecule has 0 aromatic heterocycles. The van der Waals surface area contributed by atoms with E-state index in [0.29, 0.717) is 53.5 Å². The number of epoxide rings is 3. The van der Waals surface area contributed by atoms with Crippen LogP contribution in [-0.2, 0) is 49.4 Å². The molecule has 3 aliphatic carbocycles. The minimum absolute atomic E-state index is 0. The molecule has 11 atom stereocenters. The Labute approximate surface area is 534 Å². The molecule has 3 saturated carbocycles. The van der Waals surface area contributed by atoms with Crippen molar-refractivity contribution in [3.05, 3.63) is 144 Å². The number of rotatable bonds is 15. The van der Waals surface area contributed by atoms with Crippen LogP contribution < -0.4 is 0 Å². The van der Waals surface area contributed by atoms with Gasteiger partial charge in [0.25, 0.3) is 0 Å². The number of carbonyl (C=O) groups excluding carboxylic acids is 3. The quantitative estimate of drug-likeness (QED) is 0.0475. The summed E-state index contributed by atoms with van der Waals surface area (Å²) in [5.74, 6) is -1.05. The predicted octanol–water partition coefficient (Wildman–Crippen LogP) is 13.9. The van der Waals surface area contributed by atoms with Crippen molar-refractivity contribution < 1.29 is 74.0 Å². The Morgan fingerprint density at radius 3 is 1.06 bits per heavy atom. The summed E-state index contributed by atoms with van der Waals surface area (Å²) in [6, 6.07) is 26.8. The third-order valence-electron chi connectivity index (χ3n) is 19.2. The number of aliphatic hydroxyl groups excluding tert-OH is 2. The van der Waals surface area contributed by atoms with Crippen molar-refractivity contribution >= 4 is 57.7 Å².